The maximum absolute atomic E-state index is 13.1. The minimum Gasteiger partial charge on any atom is -0.360 e. The molecule has 0 bridgehead atoms. The van der Waals surface area contributed by atoms with Gasteiger partial charge in [-0.2, -0.15) is 5.26 Å². The lowest BCUT2D eigenvalue weighted by molar-refractivity contribution is -0.117. The first-order valence-corrected chi connectivity index (χ1v) is 7.12. The first-order valence-electron chi connectivity index (χ1n) is 6.74. The summed E-state index contributed by atoms with van der Waals surface area (Å²) < 4.78 is 13.1. The molecule has 0 atom stereocenters. The van der Waals surface area contributed by atoms with Crippen LogP contribution in [0.1, 0.15) is 5.56 Å². The van der Waals surface area contributed by atoms with E-state index in [-0.39, 0.29) is 10.6 Å². The van der Waals surface area contributed by atoms with Gasteiger partial charge in [-0.3, -0.25) is 4.79 Å². The van der Waals surface area contributed by atoms with Crippen LogP contribution in [0.4, 0.5) is 10.1 Å². The van der Waals surface area contributed by atoms with E-state index in [0.29, 0.717) is 12.2 Å². The van der Waals surface area contributed by atoms with Crippen molar-refractivity contribution >= 4 is 23.2 Å². The summed E-state index contributed by atoms with van der Waals surface area (Å²) in [6, 6.07) is 15.2. The molecule has 2 N–H and O–H groups in total. The predicted octanol–water partition coefficient (Wildman–Crippen LogP) is 3.61. The normalized spacial score (nSPS) is 10.7. The lowest BCUT2D eigenvalue weighted by Gasteiger charge is -2.06. The van der Waals surface area contributed by atoms with Gasteiger partial charge in [0, 0.05) is 18.4 Å². The monoisotopic (exact) mass is 329 g/mol. The quantitative estimate of drug-likeness (QED) is 0.650. The second kappa shape index (κ2) is 7.97. The molecule has 116 valence electrons. The molecule has 0 saturated carbocycles. The van der Waals surface area contributed by atoms with Crippen molar-refractivity contribution in [3.63, 3.8) is 0 Å². The van der Waals surface area contributed by atoms with Crippen molar-refractivity contribution in [3.8, 4) is 6.07 Å². The Balaban J connectivity index is 1.99. The fourth-order valence-electron chi connectivity index (χ4n) is 1.76. The molecule has 0 aliphatic carbocycles. The van der Waals surface area contributed by atoms with Crippen LogP contribution in [0.25, 0.3) is 0 Å². The van der Waals surface area contributed by atoms with Crippen molar-refractivity contribution in [1.29, 1.82) is 5.26 Å². The van der Waals surface area contributed by atoms with E-state index in [9.17, 15) is 9.18 Å². The maximum atomic E-state index is 13.1. The summed E-state index contributed by atoms with van der Waals surface area (Å²) in [5.41, 5.74) is 1.30. The van der Waals surface area contributed by atoms with E-state index < -0.39 is 11.7 Å². The lowest BCUT2D eigenvalue weighted by atomic mass is 10.2. The van der Waals surface area contributed by atoms with E-state index in [0.717, 1.165) is 5.56 Å². The van der Waals surface area contributed by atoms with Crippen LogP contribution in [-0.4, -0.2) is 5.91 Å². The highest BCUT2D eigenvalue weighted by Gasteiger charge is 2.08. The van der Waals surface area contributed by atoms with Gasteiger partial charge in [0.25, 0.3) is 5.91 Å². The van der Waals surface area contributed by atoms with Gasteiger partial charge in [-0.25, -0.2) is 4.39 Å². The van der Waals surface area contributed by atoms with Crippen molar-refractivity contribution in [2.45, 2.75) is 6.54 Å². The zero-order chi connectivity index (χ0) is 16.7. The van der Waals surface area contributed by atoms with Crippen molar-refractivity contribution < 1.29 is 9.18 Å². The number of hydrogen-bond donors (Lipinski definition) is 2. The molecule has 0 unspecified atom stereocenters. The number of carbonyl (C=O) groups excluding carboxylic acids is 1. The number of nitriles is 1. The lowest BCUT2D eigenvalue weighted by Crippen LogP contribution is -2.24. The molecule has 2 aromatic carbocycles. The minimum absolute atomic E-state index is 0.0459. The predicted molar refractivity (Wildman–Crippen MR) is 87.0 cm³/mol. The Hall–Kier alpha value is -2.84. The van der Waals surface area contributed by atoms with E-state index in [4.69, 9.17) is 16.9 Å². The van der Waals surface area contributed by atoms with Crippen molar-refractivity contribution in [2.75, 3.05) is 5.32 Å². The number of rotatable bonds is 5. The molecule has 0 radical (unpaired) electrons. The molecule has 0 aliphatic rings. The second-order valence-corrected chi connectivity index (χ2v) is 5.02. The number of benzene rings is 2. The first-order chi connectivity index (χ1) is 11.1. The van der Waals surface area contributed by atoms with E-state index in [2.05, 4.69) is 10.6 Å². The van der Waals surface area contributed by atoms with Gasteiger partial charge >= 0.3 is 0 Å². The number of nitrogens with one attached hydrogen (secondary N) is 2. The molecule has 0 saturated heterocycles. The molecule has 23 heavy (non-hydrogen) atoms. The minimum atomic E-state index is -0.540. The third kappa shape index (κ3) is 4.83. The molecule has 4 nitrogen and oxygen atoms in total. The highest BCUT2D eigenvalue weighted by molar-refractivity contribution is 6.31. The molecule has 1 amide bonds. The van der Waals surface area contributed by atoms with Crippen LogP contribution in [0.3, 0.4) is 0 Å². The average molecular weight is 330 g/mol. The molecule has 6 heteroatoms. The van der Waals surface area contributed by atoms with Crippen molar-refractivity contribution in [2.24, 2.45) is 0 Å². The number of halogens is 2. The molecular formula is C17H13ClFN3O. The van der Waals surface area contributed by atoms with Crippen molar-refractivity contribution in [3.05, 3.63) is 76.7 Å². The largest absolute Gasteiger partial charge is 0.360 e. The number of carbonyl (C=O) groups is 1. The van der Waals surface area contributed by atoms with Gasteiger partial charge in [-0.05, 0) is 23.8 Å². The summed E-state index contributed by atoms with van der Waals surface area (Å²) in [4.78, 5) is 12.0. The number of nitrogens with zero attached hydrogens (tertiary/aromatic N) is 1. The Morgan fingerprint density at radius 2 is 2.00 bits per heavy atom. The Bertz CT molecular complexity index is 769. The SMILES string of the molecule is N#C/C(=C/Nc1ccc(F)c(Cl)c1)C(=O)NCc1ccccc1. The highest BCUT2D eigenvalue weighted by atomic mass is 35.5. The molecule has 0 spiro atoms. The van der Waals surface area contributed by atoms with Crippen LogP contribution in [-0.2, 0) is 11.3 Å². The van der Waals surface area contributed by atoms with Crippen LogP contribution < -0.4 is 10.6 Å². The zero-order valence-electron chi connectivity index (χ0n) is 12.0. The zero-order valence-corrected chi connectivity index (χ0v) is 12.8. The third-order valence-corrected chi connectivity index (χ3v) is 3.25. The standard InChI is InChI=1S/C17H13ClFN3O/c18-15-8-14(6-7-16(15)19)21-11-13(9-20)17(23)22-10-12-4-2-1-3-5-12/h1-8,11,21H,10H2,(H,22,23)/b13-11-. The summed E-state index contributed by atoms with van der Waals surface area (Å²) in [6.45, 7) is 0.321. The fraction of sp³-hybridized carbons (Fsp3) is 0.0588. The highest BCUT2D eigenvalue weighted by Crippen LogP contribution is 2.19. The van der Waals surface area contributed by atoms with Gasteiger partial charge in [-0.1, -0.05) is 41.9 Å². The Morgan fingerprint density at radius 3 is 2.65 bits per heavy atom. The van der Waals surface area contributed by atoms with E-state index in [1.165, 1.54) is 24.4 Å². The maximum Gasteiger partial charge on any atom is 0.263 e. The Morgan fingerprint density at radius 1 is 1.26 bits per heavy atom. The second-order valence-electron chi connectivity index (χ2n) is 4.61. The smallest absolute Gasteiger partial charge is 0.263 e. The summed E-state index contributed by atoms with van der Waals surface area (Å²) in [7, 11) is 0. The fourth-order valence-corrected chi connectivity index (χ4v) is 1.94. The van der Waals surface area contributed by atoms with Gasteiger partial charge in [0.05, 0.1) is 5.02 Å². The molecule has 0 fully saturated rings. The summed E-state index contributed by atoms with van der Waals surface area (Å²) >= 11 is 5.66. The molecule has 0 aliphatic heterocycles. The molecule has 0 heterocycles. The number of hydrogen-bond acceptors (Lipinski definition) is 3. The molecular weight excluding hydrogens is 317 g/mol. The van der Waals surface area contributed by atoms with Gasteiger partial charge in [0.1, 0.15) is 17.5 Å². The summed E-state index contributed by atoms with van der Waals surface area (Å²) in [5, 5.41) is 14.4. The van der Waals surface area contributed by atoms with Gasteiger partial charge in [0.2, 0.25) is 0 Å². The van der Waals surface area contributed by atoms with E-state index >= 15 is 0 Å². The van der Waals surface area contributed by atoms with Crippen molar-refractivity contribution in [1.82, 2.24) is 5.32 Å². The van der Waals surface area contributed by atoms with Gasteiger partial charge in [-0.15, -0.1) is 0 Å². The molecule has 0 aromatic heterocycles. The van der Waals surface area contributed by atoms with Gasteiger partial charge < -0.3 is 10.6 Å². The van der Waals surface area contributed by atoms with Gasteiger partial charge in [0.15, 0.2) is 0 Å². The van der Waals surface area contributed by atoms with Crippen LogP contribution in [0.5, 0.6) is 0 Å². The van der Waals surface area contributed by atoms with E-state index in [1.54, 1.807) is 0 Å². The summed E-state index contributed by atoms with van der Waals surface area (Å²) in [5.74, 6) is -1.04. The number of amides is 1. The number of anilines is 1. The van der Waals surface area contributed by atoms with E-state index in [1.807, 2.05) is 36.4 Å². The van der Waals surface area contributed by atoms with Crippen LogP contribution in [0.2, 0.25) is 5.02 Å². The topological polar surface area (TPSA) is 64.9 Å². The van der Waals surface area contributed by atoms with Crippen LogP contribution in [0.15, 0.2) is 60.3 Å². The first kappa shape index (κ1) is 16.5. The molecule has 2 rings (SSSR count). The Kier molecular flexibility index (Phi) is 5.73. The third-order valence-electron chi connectivity index (χ3n) is 2.96. The Labute approximate surface area is 138 Å². The molecule has 2 aromatic rings. The average Bonchev–Trinajstić information content (AvgIpc) is 2.57. The summed E-state index contributed by atoms with van der Waals surface area (Å²) in [6.07, 6.45) is 1.25. The van der Waals surface area contributed by atoms with Crippen LogP contribution in [0, 0.1) is 17.1 Å². The van der Waals surface area contributed by atoms with Crippen LogP contribution >= 0.6 is 11.6 Å².